The molecule has 0 unspecified atom stereocenters. The highest BCUT2D eigenvalue weighted by molar-refractivity contribution is 8.26. The van der Waals surface area contributed by atoms with Crippen LogP contribution >= 0.6 is 35.6 Å². The van der Waals surface area contributed by atoms with E-state index in [0.29, 0.717) is 14.2 Å². The number of phenols is 1. The first-order valence-corrected chi connectivity index (χ1v) is 10.1. The summed E-state index contributed by atoms with van der Waals surface area (Å²) in [7, 11) is 0. The SMILES string of the molecule is O=C(CCN1C(=O)/C(=C/c2ccc(Cl)cc2)SC1=S)Nc1ccc([N+](=O)[O-])cc1O. The average Bonchev–Trinajstić information content (AvgIpc) is 2.96. The molecule has 0 spiro atoms. The molecule has 0 aromatic heterocycles. The number of hydrogen-bond acceptors (Lipinski definition) is 7. The summed E-state index contributed by atoms with van der Waals surface area (Å²) in [6, 6.07) is 10.3. The molecule has 2 N–H and O–H groups in total. The van der Waals surface area contributed by atoms with E-state index in [-0.39, 0.29) is 30.2 Å². The van der Waals surface area contributed by atoms with Crippen molar-refractivity contribution in [2.45, 2.75) is 6.42 Å². The lowest BCUT2D eigenvalue weighted by Gasteiger charge is -2.14. The summed E-state index contributed by atoms with van der Waals surface area (Å²) in [6.45, 7) is 0.0577. The van der Waals surface area contributed by atoms with Crippen LogP contribution in [0.2, 0.25) is 5.02 Å². The Kier molecular flexibility index (Phi) is 6.70. The van der Waals surface area contributed by atoms with E-state index in [1.54, 1.807) is 30.3 Å². The summed E-state index contributed by atoms with van der Waals surface area (Å²) in [5.41, 5.74) is 0.542. The van der Waals surface area contributed by atoms with Gasteiger partial charge in [0.25, 0.3) is 11.6 Å². The number of hydrogen-bond donors (Lipinski definition) is 2. The van der Waals surface area contributed by atoms with Crippen molar-refractivity contribution >= 4 is 69.2 Å². The molecule has 2 aromatic carbocycles. The van der Waals surface area contributed by atoms with Crippen molar-refractivity contribution in [2.75, 3.05) is 11.9 Å². The van der Waals surface area contributed by atoms with Gasteiger partial charge in [0.1, 0.15) is 10.1 Å². The second-order valence-electron chi connectivity index (χ2n) is 6.14. The number of aromatic hydroxyl groups is 1. The van der Waals surface area contributed by atoms with Crippen molar-refractivity contribution < 1.29 is 19.6 Å². The van der Waals surface area contributed by atoms with E-state index in [4.69, 9.17) is 23.8 Å². The summed E-state index contributed by atoms with van der Waals surface area (Å²) < 4.78 is 0.339. The number of amides is 2. The van der Waals surface area contributed by atoms with Crippen LogP contribution in [-0.2, 0) is 9.59 Å². The van der Waals surface area contributed by atoms with Crippen LogP contribution in [0.4, 0.5) is 11.4 Å². The Morgan fingerprint density at radius 3 is 2.63 bits per heavy atom. The third-order valence-electron chi connectivity index (χ3n) is 4.07. The molecular weight excluding hydrogens is 450 g/mol. The largest absolute Gasteiger partial charge is 0.506 e. The molecule has 30 heavy (non-hydrogen) atoms. The van der Waals surface area contributed by atoms with Gasteiger partial charge in [-0.1, -0.05) is 47.7 Å². The number of carbonyl (C=O) groups is 2. The quantitative estimate of drug-likeness (QED) is 0.217. The van der Waals surface area contributed by atoms with E-state index in [1.807, 2.05) is 0 Å². The molecule has 0 atom stereocenters. The lowest BCUT2D eigenvalue weighted by Crippen LogP contribution is -2.31. The monoisotopic (exact) mass is 463 g/mol. The van der Waals surface area contributed by atoms with Crippen LogP contribution in [0, 0.1) is 10.1 Å². The Balaban J connectivity index is 1.60. The Morgan fingerprint density at radius 1 is 1.30 bits per heavy atom. The highest BCUT2D eigenvalue weighted by Gasteiger charge is 2.32. The number of benzene rings is 2. The molecule has 0 bridgehead atoms. The van der Waals surface area contributed by atoms with Crippen LogP contribution in [0.3, 0.4) is 0 Å². The maximum absolute atomic E-state index is 12.6. The van der Waals surface area contributed by atoms with E-state index < -0.39 is 16.6 Å². The van der Waals surface area contributed by atoms with Gasteiger partial charge in [-0.25, -0.2) is 0 Å². The first-order chi connectivity index (χ1) is 14.2. The second-order valence-corrected chi connectivity index (χ2v) is 8.25. The zero-order valence-corrected chi connectivity index (χ0v) is 17.6. The van der Waals surface area contributed by atoms with Crippen LogP contribution in [0.5, 0.6) is 5.75 Å². The minimum atomic E-state index is -0.655. The summed E-state index contributed by atoms with van der Waals surface area (Å²) in [4.78, 5) is 36.6. The van der Waals surface area contributed by atoms with E-state index in [1.165, 1.54) is 17.0 Å². The molecule has 0 saturated carbocycles. The molecule has 11 heteroatoms. The minimum absolute atomic E-state index is 0.0404. The van der Waals surface area contributed by atoms with Gasteiger partial charge >= 0.3 is 0 Å². The second kappa shape index (κ2) is 9.24. The van der Waals surface area contributed by atoms with Crippen LogP contribution in [0.15, 0.2) is 47.4 Å². The molecule has 2 amide bonds. The Hall–Kier alpha value is -2.95. The van der Waals surface area contributed by atoms with Gasteiger partial charge < -0.3 is 10.4 Å². The van der Waals surface area contributed by atoms with Gasteiger partial charge in [-0.15, -0.1) is 0 Å². The van der Waals surface area contributed by atoms with Gasteiger partial charge in [0.15, 0.2) is 0 Å². The maximum Gasteiger partial charge on any atom is 0.273 e. The van der Waals surface area contributed by atoms with E-state index in [2.05, 4.69) is 5.32 Å². The minimum Gasteiger partial charge on any atom is -0.506 e. The predicted octanol–water partition coefficient (Wildman–Crippen LogP) is 4.18. The first kappa shape index (κ1) is 21.8. The number of nitrogens with zero attached hydrogens (tertiary/aromatic N) is 2. The van der Waals surface area contributed by atoms with E-state index in [9.17, 15) is 24.8 Å². The standard InChI is InChI=1S/C19H14ClN3O5S2/c20-12-3-1-11(2-4-12)9-16-18(26)22(19(29)30-16)8-7-17(25)21-14-6-5-13(23(27)28)10-15(14)24/h1-6,9-10,24H,7-8H2,(H,21,25)/b16-9-. The van der Waals surface area contributed by atoms with Gasteiger partial charge in [0.05, 0.1) is 21.6 Å². The lowest BCUT2D eigenvalue weighted by atomic mass is 10.2. The van der Waals surface area contributed by atoms with Crippen LogP contribution in [-0.4, -0.2) is 37.6 Å². The normalized spacial score (nSPS) is 15.0. The third kappa shape index (κ3) is 5.15. The molecule has 1 heterocycles. The van der Waals surface area contributed by atoms with Crippen LogP contribution < -0.4 is 5.32 Å². The number of nitro groups is 1. The summed E-state index contributed by atoms with van der Waals surface area (Å²) in [6.07, 6.45) is 1.63. The van der Waals surface area contributed by atoms with Crippen molar-refractivity contribution in [3.63, 3.8) is 0 Å². The molecule has 1 fully saturated rings. The number of nitro benzene ring substituents is 1. The zero-order chi connectivity index (χ0) is 21.8. The molecule has 1 saturated heterocycles. The molecule has 8 nitrogen and oxygen atoms in total. The number of nitrogens with one attached hydrogen (secondary N) is 1. The van der Waals surface area contributed by atoms with Crippen molar-refractivity contribution in [3.05, 3.63) is 68.1 Å². The predicted molar refractivity (Wildman–Crippen MR) is 119 cm³/mol. The van der Waals surface area contributed by atoms with Gasteiger partial charge in [-0.3, -0.25) is 24.6 Å². The number of carbonyl (C=O) groups excluding carboxylic acids is 2. The van der Waals surface area contributed by atoms with Crippen LogP contribution in [0.1, 0.15) is 12.0 Å². The van der Waals surface area contributed by atoms with Crippen LogP contribution in [0.25, 0.3) is 6.08 Å². The highest BCUT2D eigenvalue weighted by Crippen LogP contribution is 2.33. The molecule has 154 valence electrons. The van der Waals surface area contributed by atoms with Crippen molar-refractivity contribution in [1.82, 2.24) is 4.90 Å². The van der Waals surface area contributed by atoms with Crippen molar-refractivity contribution in [2.24, 2.45) is 0 Å². The maximum atomic E-state index is 12.6. The Morgan fingerprint density at radius 2 is 2.00 bits per heavy atom. The smallest absolute Gasteiger partial charge is 0.273 e. The fourth-order valence-electron chi connectivity index (χ4n) is 2.57. The Labute approximate surface area is 185 Å². The van der Waals surface area contributed by atoms with E-state index in [0.717, 1.165) is 23.4 Å². The average molecular weight is 464 g/mol. The number of anilines is 1. The summed E-state index contributed by atoms with van der Waals surface area (Å²) >= 11 is 12.2. The fourth-order valence-corrected chi connectivity index (χ4v) is 4.00. The lowest BCUT2D eigenvalue weighted by molar-refractivity contribution is -0.384. The van der Waals surface area contributed by atoms with Gasteiger partial charge in [0, 0.05) is 24.1 Å². The molecule has 0 radical (unpaired) electrons. The van der Waals surface area contributed by atoms with Gasteiger partial charge in [0.2, 0.25) is 5.91 Å². The van der Waals surface area contributed by atoms with Crippen molar-refractivity contribution in [1.29, 1.82) is 0 Å². The third-order valence-corrected chi connectivity index (χ3v) is 5.70. The highest BCUT2D eigenvalue weighted by atomic mass is 35.5. The molecule has 3 rings (SSSR count). The number of thioether (sulfide) groups is 1. The molecule has 1 aliphatic rings. The topological polar surface area (TPSA) is 113 Å². The van der Waals surface area contributed by atoms with Gasteiger partial charge in [-0.05, 0) is 29.8 Å². The number of non-ortho nitro benzene ring substituents is 1. The summed E-state index contributed by atoms with van der Waals surface area (Å²) in [5, 5.41) is 23.6. The number of phenolic OH excluding ortho intramolecular Hbond substituents is 1. The molecular formula is C19H14ClN3O5S2. The Bertz CT molecular complexity index is 1070. The first-order valence-electron chi connectivity index (χ1n) is 8.53. The van der Waals surface area contributed by atoms with Crippen molar-refractivity contribution in [3.8, 4) is 5.75 Å². The molecule has 2 aromatic rings. The fraction of sp³-hybridized carbons (Fsp3) is 0.105. The van der Waals surface area contributed by atoms with Gasteiger partial charge in [-0.2, -0.15) is 0 Å². The van der Waals surface area contributed by atoms with E-state index >= 15 is 0 Å². The number of rotatable bonds is 6. The molecule has 0 aliphatic carbocycles. The zero-order valence-electron chi connectivity index (χ0n) is 15.2. The molecule has 1 aliphatic heterocycles. The number of thiocarbonyl (C=S) groups is 1. The summed E-state index contributed by atoms with van der Waals surface area (Å²) in [5.74, 6) is -1.20. The number of halogens is 1.